The van der Waals surface area contributed by atoms with E-state index in [0.29, 0.717) is 5.69 Å². The van der Waals surface area contributed by atoms with Crippen molar-refractivity contribution in [3.8, 4) is 5.69 Å². The number of nitrogens with zero attached hydrogens (tertiary/aromatic N) is 3. The number of halogens is 3. The van der Waals surface area contributed by atoms with Crippen molar-refractivity contribution < 1.29 is 13.2 Å². The maximum atomic E-state index is 13.1. The van der Waals surface area contributed by atoms with Crippen molar-refractivity contribution in [2.24, 2.45) is 0 Å². The summed E-state index contributed by atoms with van der Waals surface area (Å²) in [5.74, 6) is 0.182. The summed E-state index contributed by atoms with van der Waals surface area (Å²) in [5, 5.41) is 4.04. The molecule has 2 N–H and O–H groups in total. The number of nitrogens with two attached hydrogens (primary N) is 1. The summed E-state index contributed by atoms with van der Waals surface area (Å²) in [7, 11) is 0. The fraction of sp³-hybridized carbons (Fsp3) is 0.385. The van der Waals surface area contributed by atoms with Crippen molar-refractivity contribution >= 4 is 5.82 Å². The molecule has 4 nitrogen and oxygen atoms in total. The number of aryl methyl sites for hydroxylation is 1. The van der Waals surface area contributed by atoms with Gasteiger partial charge in [-0.3, -0.25) is 4.98 Å². The van der Waals surface area contributed by atoms with E-state index in [9.17, 15) is 13.2 Å². The summed E-state index contributed by atoms with van der Waals surface area (Å²) in [4.78, 5) is 4.09. The second-order valence-electron chi connectivity index (χ2n) is 5.10. The zero-order valence-electron chi connectivity index (χ0n) is 10.8. The molecule has 0 spiro atoms. The quantitative estimate of drug-likeness (QED) is 0.921. The maximum Gasteiger partial charge on any atom is 0.400 e. The first-order valence-electron chi connectivity index (χ1n) is 6.19. The van der Waals surface area contributed by atoms with E-state index in [4.69, 9.17) is 5.73 Å². The first kappa shape index (κ1) is 13.0. The third kappa shape index (κ3) is 1.85. The van der Waals surface area contributed by atoms with Crippen LogP contribution in [0, 0.1) is 6.92 Å². The molecule has 20 heavy (non-hydrogen) atoms. The van der Waals surface area contributed by atoms with E-state index < -0.39 is 11.6 Å². The molecule has 0 bridgehead atoms. The van der Waals surface area contributed by atoms with Crippen molar-refractivity contribution in [2.75, 3.05) is 5.73 Å². The third-order valence-corrected chi connectivity index (χ3v) is 3.66. The van der Waals surface area contributed by atoms with E-state index in [1.807, 2.05) is 6.92 Å². The average Bonchev–Trinajstić information content (AvgIpc) is 3.10. The minimum atomic E-state index is -4.29. The van der Waals surface area contributed by atoms with Crippen molar-refractivity contribution in [1.29, 1.82) is 0 Å². The standard InChI is InChI=1S/C13H13F3N4/c1-8-2-3-9(7-18-8)20-11(17)6-10(19-20)12(4-5-12)13(14,15)16/h2-3,6-7H,4-5,17H2,1H3. The van der Waals surface area contributed by atoms with Crippen molar-refractivity contribution in [3.05, 3.63) is 35.8 Å². The number of aromatic nitrogens is 3. The lowest BCUT2D eigenvalue weighted by Gasteiger charge is -2.16. The van der Waals surface area contributed by atoms with Gasteiger partial charge in [0.2, 0.25) is 0 Å². The molecule has 0 amide bonds. The van der Waals surface area contributed by atoms with Crippen LogP contribution in [0.4, 0.5) is 19.0 Å². The van der Waals surface area contributed by atoms with Crippen molar-refractivity contribution in [2.45, 2.75) is 31.4 Å². The van der Waals surface area contributed by atoms with Gasteiger partial charge in [-0.2, -0.15) is 18.3 Å². The molecule has 2 aromatic heterocycles. The molecular weight excluding hydrogens is 269 g/mol. The van der Waals surface area contributed by atoms with Crippen LogP contribution in [0.1, 0.15) is 24.2 Å². The Bertz CT molecular complexity index is 639. The summed E-state index contributed by atoms with van der Waals surface area (Å²) >= 11 is 0. The molecule has 106 valence electrons. The highest BCUT2D eigenvalue weighted by molar-refractivity contribution is 5.45. The van der Waals surface area contributed by atoms with E-state index in [2.05, 4.69) is 10.1 Å². The van der Waals surface area contributed by atoms with Crippen LogP contribution in [-0.2, 0) is 5.41 Å². The molecule has 0 atom stereocenters. The fourth-order valence-electron chi connectivity index (χ4n) is 2.23. The number of anilines is 1. The second kappa shape index (κ2) is 3.97. The number of hydrogen-bond acceptors (Lipinski definition) is 3. The van der Waals surface area contributed by atoms with Gasteiger partial charge in [0, 0.05) is 11.8 Å². The molecule has 2 aromatic rings. The zero-order chi connectivity index (χ0) is 14.5. The molecular formula is C13H13F3N4. The van der Waals surface area contributed by atoms with Gasteiger partial charge >= 0.3 is 6.18 Å². The van der Waals surface area contributed by atoms with Gasteiger partial charge in [-0.05, 0) is 31.9 Å². The van der Waals surface area contributed by atoms with Crippen LogP contribution in [0.5, 0.6) is 0 Å². The summed E-state index contributed by atoms with van der Waals surface area (Å²) < 4.78 is 40.5. The first-order chi connectivity index (χ1) is 9.33. The molecule has 1 fully saturated rings. The van der Waals surface area contributed by atoms with Crippen molar-refractivity contribution in [3.63, 3.8) is 0 Å². The molecule has 3 rings (SSSR count). The van der Waals surface area contributed by atoms with E-state index in [1.54, 1.807) is 12.1 Å². The number of alkyl halides is 3. The van der Waals surface area contributed by atoms with Gasteiger partial charge in [-0.15, -0.1) is 0 Å². The van der Waals surface area contributed by atoms with Gasteiger partial charge in [-0.1, -0.05) is 0 Å². The second-order valence-corrected chi connectivity index (χ2v) is 5.10. The summed E-state index contributed by atoms with van der Waals surface area (Å²) in [6, 6.07) is 4.79. The Hall–Kier alpha value is -2.05. The van der Waals surface area contributed by atoms with E-state index in [1.165, 1.54) is 16.9 Å². The van der Waals surface area contributed by atoms with Gasteiger partial charge in [0.15, 0.2) is 0 Å². The Morgan fingerprint density at radius 2 is 2.00 bits per heavy atom. The Balaban J connectivity index is 2.02. The number of nitrogen functional groups attached to an aromatic ring is 1. The summed E-state index contributed by atoms with van der Waals surface area (Å²) in [6.45, 7) is 1.82. The molecule has 0 aliphatic heterocycles. The van der Waals surface area contributed by atoms with Crippen molar-refractivity contribution in [1.82, 2.24) is 14.8 Å². The third-order valence-electron chi connectivity index (χ3n) is 3.66. The lowest BCUT2D eigenvalue weighted by atomic mass is 10.0. The van der Waals surface area contributed by atoms with Crippen LogP contribution < -0.4 is 5.73 Å². The molecule has 0 radical (unpaired) electrons. The highest BCUT2D eigenvalue weighted by atomic mass is 19.4. The molecule has 1 aliphatic carbocycles. The van der Waals surface area contributed by atoms with Gasteiger partial charge in [0.1, 0.15) is 11.2 Å². The van der Waals surface area contributed by atoms with Gasteiger partial charge in [0.25, 0.3) is 0 Å². The highest BCUT2D eigenvalue weighted by Gasteiger charge is 2.65. The minimum Gasteiger partial charge on any atom is -0.384 e. The molecule has 0 saturated heterocycles. The van der Waals surface area contributed by atoms with Crippen LogP contribution in [0.2, 0.25) is 0 Å². The molecule has 7 heteroatoms. The maximum absolute atomic E-state index is 13.1. The number of rotatable bonds is 2. The van der Waals surface area contributed by atoms with Crippen LogP contribution in [0.3, 0.4) is 0 Å². The molecule has 2 heterocycles. The molecule has 0 aromatic carbocycles. The zero-order valence-corrected chi connectivity index (χ0v) is 10.8. The van der Waals surface area contributed by atoms with E-state index >= 15 is 0 Å². The summed E-state index contributed by atoms with van der Waals surface area (Å²) in [6.07, 6.45) is -2.61. The topological polar surface area (TPSA) is 56.7 Å². The first-order valence-corrected chi connectivity index (χ1v) is 6.19. The molecule has 0 unspecified atom stereocenters. The lowest BCUT2D eigenvalue weighted by molar-refractivity contribution is -0.161. The molecule has 1 saturated carbocycles. The Morgan fingerprint density at radius 1 is 1.30 bits per heavy atom. The van der Waals surface area contributed by atoms with Gasteiger partial charge in [0.05, 0.1) is 17.6 Å². The van der Waals surface area contributed by atoms with Gasteiger partial charge < -0.3 is 5.73 Å². The monoisotopic (exact) mass is 282 g/mol. The lowest BCUT2D eigenvalue weighted by Crippen LogP contribution is -2.29. The predicted octanol–water partition coefficient (Wildman–Crippen LogP) is 2.75. The van der Waals surface area contributed by atoms with Crippen LogP contribution in [-0.4, -0.2) is 20.9 Å². The normalized spacial score (nSPS) is 17.2. The largest absolute Gasteiger partial charge is 0.400 e. The Morgan fingerprint density at radius 3 is 2.50 bits per heavy atom. The summed E-state index contributed by atoms with van der Waals surface area (Å²) in [5.41, 5.74) is 5.33. The fourth-order valence-corrected chi connectivity index (χ4v) is 2.23. The highest BCUT2D eigenvalue weighted by Crippen LogP contribution is 2.58. The minimum absolute atomic E-state index is 0.0110. The smallest absolute Gasteiger partial charge is 0.384 e. The number of hydrogen-bond donors (Lipinski definition) is 1. The van der Waals surface area contributed by atoms with Gasteiger partial charge in [-0.25, -0.2) is 4.68 Å². The van der Waals surface area contributed by atoms with E-state index in [-0.39, 0.29) is 24.4 Å². The molecule has 1 aliphatic rings. The van der Waals surface area contributed by atoms with Crippen LogP contribution in [0.15, 0.2) is 24.4 Å². The number of pyridine rings is 1. The average molecular weight is 282 g/mol. The van der Waals surface area contributed by atoms with Crippen LogP contribution in [0.25, 0.3) is 5.69 Å². The Labute approximate surface area is 113 Å². The van der Waals surface area contributed by atoms with E-state index in [0.717, 1.165) is 5.69 Å². The van der Waals surface area contributed by atoms with Crippen LogP contribution >= 0.6 is 0 Å². The predicted molar refractivity (Wildman–Crippen MR) is 67.5 cm³/mol. The Kier molecular flexibility index (Phi) is 2.57. The SMILES string of the molecule is Cc1ccc(-n2nc(C3(C(F)(F)F)CC3)cc2N)cn1.